The number of anilines is 1. The molecular formula is C20H18N2O2. The Labute approximate surface area is 140 Å². The fraction of sp³-hybridized carbons (Fsp3) is 0.200. The van der Waals surface area contributed by atoms with E-state index < -0.39 is 0 Å². The zero-order valence-electron chi connectivity index (χ0n) is 13.5. The van der Waals surface area contributed by atoms with Gasteiger partial charge in [0, 0.05) is 30.9 Å². The molecule has 0 aliphatic carbocycles. The third-order valence-corrected chi connectivity index (χ3v) is 4.68. The van der Waals surface area contributed by atoms with Crippen molar-refractivity contribution in [1.29, 1.82) is 0 Å². The van der Waals surface area contributed by atoms with Crippen LogP contribution in [0, 0.1) is 0 Å². The molecule has 0 saturated heterocycles. The highest BCUT2D eigenvalue weighted by molar-refractivity contribution is 6.08. The Morgan fingerprint density at radius 1 is 1.04 bits per heavy atom. The lowest BCUT2D eigenvalue weighted by Gasteiger charge is -2.29. The van der Waals surface area contributed by atoms with Crippen LogP contribution in [-0.4, -0.2) is 17.0 Å². The van der Waals surface area contributed by atoms with Gasteiger partial charge >= 0.3 is 0 Å². The largest absolute Gasteiger partial charge is 0.350 e. The standard InChI is InChI=1S/C20H18N2O2/c1-21-13-16(19(23)15-9-3-5-11-18(15)21)20(24)22-12-6-8-14-7-2-4-10-17(14)22/h2-5,7,9-11,13H,6,8,12H2,1H3. The van der Waals surface area contributed by atoms with Crippen molar-refractivity contribution in [3.8, 4) is 0 Å². The molecule has 0 N–H and O–H groups in total. The molecule has 0 unspecified atom stereocenters. The molecule has 0 radical (unpaired) electrons. The van der Waals surface area contributed by atoms with E-state index in [1.165, 1.54) is 0 Å². The fourth-order valence-electron chi connectivity index (χ4n) is 3.48. The fourth-order valence-corrected chi connectivity index (χ4v) is 3.48. The van der Waals surface area contributed by atoms with Crippen molar-refractivity contribution in [2.24, 2.45) is 7.05 Å². The first-order valence-corrected chi connectivity index (χ1v) is 8.15. The first-order chi connectivity index (χ1) is 11.7. The maximum Gasteiger partial charge on any atom is 0.263 e. The molecule has 0 saturated carbocycles. The van der Waals surface area contributed by atoms with Gasteiger partial charge in [0.05, 0.1) is 5.52 Å². The van der Waals surface area contributed by atoms with Crippen LogP contribution < -0.4 is 10.3 Å². The molecule has 0 spiro atoms. The van der Waals surface area contributed by atoms with Gasteiger partial charge in [-0.1, -0.05) is 30.3 Å². The number of pyridine rings is 1. The highest BCUT2D eigenvalue weighted by atomic mass is 16.2. The third kappa shape index (κ3) is 2.22. The summed E-state index contributed by atoms with van der Waals surface area (Å²) in [6, 6.07) is 15.3. The predicted molar refractivity (Wildman–Crippen MR) is 95.6 cm³/mol. The van der Waals surface area contributed by atoms with Crippen LogP contribution in [-0.2, 0) is 13.5 Å². The average Bonchev–Trinajstić information content (AvgIpc) is 2.64. The molecule has 2 heterocycles. The van der Waals surface area contributed by atoms with E-state index in [-0.39, 0.29) is 16.9 Å². The van der Waals surface area contributed by atoms with E-state index >= 15 is 0 Å². The SMILES string of the molecule is Cn1cc(C(=O)N2CCCc3ccccc32)c(=O)c2ccccc21. The second-order valence-electron chi connectivity index (χ2n) is 6.19. The van der Waals surface area contributed by atoms with Crippen molar-refractivity contribution < 1.29 is 4.79 Å². The Balaban J connectivity index is 1.86. The number of fused-ring (bicyclic) bond motifs is 2. The molecule has 3 aromatic rings. The number of rotatable bonds is 1. The highest BCUT2D eigenvalue weighted by Gasteiger charge is 2.25. The average molecular weight is 318 g/mol. The van der Waals surface area contributed by atoms with Crippen LogP contribution in [0.2, 0.25) is 0 Å². The number of para-hydroxylation sites is 2. The molecule has 1 aromatic heterocycles. The van der Waals surface area contributed by atoms with Crippen molar-refractivity contribution >= 4 is 22.5 Å². The molecule has 4 nitrogen and oxygen atoms in total. The molecule has 0 fully saturated rings. The van der Waals surface area contributed by atoms with Crippen LogP contribution in [0.1, 0.15) is 22.3 Å². The Hall–Kier alpha value is -2.88. The van der Waals surface area contributed by atoms with Gasteiger partial charge in [0.1, 0.15) is 5.56 Å². The third-order valence-electron chi connectivity index (χ3n) is 4.68. The highest BCUT2D eigenvalue weighted by Crippen LogP contribution is 2.27. The van der Waals surface area contributed by atoms with E-state index in [0.717, 1.165) is 29.6 Å². The van der Waals surface area contributed by atoms with Crippen molar-refractivity contribution in [3.63, 3.8) is 0 Å². The first-order valence-electron chi connectivity index (χ1n) is 8.15. The number of benzene rings is 2. The van der Waals surface area contributed by atoms with E-state index in [4.69, 9.17) is 0 Å². The number of aromatic nitrogens is 1. The number of aryl methyl sites for hydroxylation is 2. The number of amides is 1. The molecule has 0 bridgehead atoms. The summed E-state index contributed by atoms with van der Waals surface area (Å²) in [7, 11) is 1.86. The summed E-state index contributed by atoms with van der Waals surface area (Å²) in [5.41, 5.74) is 2.95. The molecule has 2 aromatic carbocycles. The van der Waals surface area contributed by atoms with E-state index in [1.807, 2.05) is 54.1 Å². The lowest BCUT2D eigenvalue weighted by atomic mass is 10.0. The van der Waals surface area contributed by atoms with Crippen LogP contribution in [0.4, 0.5) is 5.69 Å². The van der Waals surface area contributed by atoms with E-state index in [0.29, 0.717) is 11.9 Å². The van der Waals surface area contributed by atoms with Gasteiger partial charge in [-0.15, -0.1) is 0 Å². The number of hydrogen-bond donors (Lipinski definition) is 0. The second-order valence-corrected chi connectivity index (χ2v) is 6.19. The Morgan fingerprint density at radius 2 is 1.79 bits per heavy atom. The van der Waals surface area contributed by atoms with Gasteiger partial charge in [-0.3, -0.25) is 9.59 Å². The van der Waals surface area contributed by atoms with Gasteiger partial charge in [0.25, 0.3) is 5.91 Å². The van der Waals surface area contributed by atoms with Gasteiger partial charge in [0.15, 0.2) is 0 Å². The van der Waals surface area contributed by atoms with Crippen molar-refractivity contribution in [2.75, 3.05) is 11.4 Å². The number of carbonyl (C=O) groups is 1. The minimum absolute atomic E-state index is 0.197. The Bertz CT molecular complexity index is 1000. The lowest BCUT2D eigenvalue weighted by Crippen LogP contribution is -2.38. The Morgan fingerprint density at radius 3 is 2.67 bits per heavy atom. The summed E-state index contributed by atoms with van der Waals surface area (Å²) >= 11 is 0. The van der Waals surface area contributed by atoms with Crippen molar-refractivity contribution in [2.45, 2.75) is 12.8 Å². The van der Waals surface area contributed by atoms with Crippen LogP contribution in [0.5, 0.6) is 0 Å². The minimum Gasteiger partial charge on any atom is -0.350 e. The normalized spacial score (nSPS) is 13.8. The molecule has 4 rings (SSSR count). The summed E-state index contributed by atoms with van der Waals surface area (Å²) in [5.74, 6) is -0.214. The first kappa shape index (κ1) is 14.7. The van der Waals surface area contributed by atoms with E-state index in [9.17, 15) is 9.59 Å². The van der Waals surface area contributed by atoms with Gasteiger partial charge in [-0.2, -0.15) is 0 Å². The maximum atomic E-state index is 13.1. The topological polar surface area (TPSA) is 42.3 Å². The number of nitrogens with zero attached hydrogens (tertiary/aromatic N) is 2. The molecule has 120 valence electrons. The molecule has 1 aliphatic rings. The molecule has 1 aliphatic heterocycles. The molecule has 24 heavy (non-hydrogen) atoms. The number of carbonyl (C=O) groups excluding carboxylic acids is 1. The maximum absolute atomic E-state index is 13.1. The predicted octanol–water partition coefficient (Wildman–Crippen LogP) is 3.13. The molecule has 1 amide bonds. The van der Waals surface area contributed by atoms with Gasteiger partial charge in [-0.05, 0) is 36.6 Å². The monoisotopic (exact) mass is 318 g/mol. The van der Waals surface area contributed by atoms with E-state index in [2.05, 4.69) is 0 Å². The van der Waals surface area contributed by atoms with Gasteiger partial charge in [0.2, 0.25) is 5.43 Å². The van der Waals surface area contributed by atoms with Crippen molar-refractivity contribution in [3.05, 3.63) is 76.1 Å². The van der Waals surface area contributed by atoms with Crippen LogP contribution in [0.3, 0.4) is 0 Å². The molecular weight excluding hydrogens is 300 g/mol. The van der Waals surface area contributed by atoms with E-state index in [1.54, 1.807) is 17.2 Å². The smallest absolute Gasteiger partial charge is 0.263 e. The molecule has 0 atom stereocenters. The number of hydrogen-bond acceptors (Lipinski definition) is 2. The second kappa shape index (κ2) is 5.64. The zero-order valence-corrected chi connectivity index (χ0v) is 13.5. The minimum atomic E-state index is -0.214. The quantitative estimate of drug-likeness (QED) is 0.692. The summed E-state index contributed by atoms with van der Waals surface area (Å²) in [6.07, 6.45) is 3.54. The summed E-state index contributed by atoms with van der Waals surface area (Å²) in [4.78, 5) is 27.6. The Kier molecular flexibility index (Phi) is 3.45. The lowest BCUT2D eigenvalue weighted by molar-refractivity contribution is 0.0983. The summed E-state index contributed by atoms with van der Waals surface area (Å²) in [5, 5.41) is 0.580. The van der Waals surface area contributed by atoms with Crippen LogP contribution >= 0.6 is 0 Å². The molecule has 4 heteroatoms. The van der Waals surface area contributed by atoms with Crippen LogP contribution in [0.15, 0.2) is 59.5 Å². The van der Waals surface area contributed by atoms with Gasteiger partial charge in [-0.25, -0.2) is 0 Å². The van der Waals surface area contributed by atoms with Crippen molar-refractivity contribution in [1.82, 2.24) is 4.57 Å². The van der Waals surface area contributed by atoms with Crippen LogP contribution in [0.25, 0.3) is 10.9 Å². The van der Waals surface area contributed by atoms with Gasteiger partial charge < -0.3 is 9.47 Å². The summed E-state index contributed by atoms with van der Waals surface area (Å²) < 4.78 is 1.85. The zero-order chi connectivity index (χ0) is 16.7. The summed E-state index contributed by atoms with van der Waals surface area (Å²) in [6.45, 7) is 0.645.